The Hall–Kier alpha value is -1.84. The van der Waals surface area contributed by atoms with Crippen molar-refractivity contribution in [1.82, 2.24) is 4.98 Å². The molecule has 2 nitrogen and oxygen atoms in total. The van der Waals surface area contributed by atoms with Crippen LogP contribution in [0.2, 0.25) is 4.47 Å². The van der Waals surface area contributed by atoms with Crippen molar-refractivity contribution < 1.29 is 4.74 Å². The summed E-state index contributed by atoms with van der Waals surface area (Å²) in [5, 5.41) is 0. The van der Waals surface area contributed by atoms with Gasteiger partial charge in [-0.2, -0.15) is 0 Å². The van der Waals surface area contributed by atoms with Gasteiger partial charge in [-0.05, 0) is 23.3 Å². The van der Waals surface area contributed by atoms with E-state index in [9.17, 15) is 0 Å². The second kappa shape index (κ2) is 5.65. The fourth-order valence-electron chi connectivity index (χ4n) is 2.10. The smallest absolute Gasteiger partial charge is 0.184 e. The number of aromatic nitrogens is 1. The van der Waals surface area contributed by atoms with Gasteiger partial charge in [-0.25, -0.2) is 4.98 Å². The molecule has 2 aromatic carbocycles. The zero-order chi connectivity index (χ0) is 13.9. The third kappa shape index (κ3) is 2.55. The maximum Gasteiger partial charge on any atom is 0.184 e. The summed E-state index contributed by atoms with van der Waals surface area (Å²) < 4.78 is 5.76. The number of thiazole rings is 1. The fourth-order valence-corrected chi connectivity index (χ4v) is 3.08. The Labute approximate surface area is 126 Å². The monoisotopic (exact) mass is 301 g/mol. The number of hydrogen-bond donors (Lipinski definition) is 0. The minimum absolute atomic E-state index is 0.560. The zero-order valence-electron chi connectivity index (χ0n) is 10.8. The Bertz CT molecular complexity index is 721. The van der Waals surface area contributed by atoms with Crippen molar-refractivity contribution in [2.45, 2.75) is 0 Å². The standard InChI is InChI=1S/C16H12ClNOS/c1-19-12-8-6-11(7-9-12)13-4-2-3-5-14(13)15-10-18-16(17)20-15/h2-10H,1H3. The summed E-state index contributed by atoms with van der Waals surface area (Å²) >= 11 is 7.43. The molecule has 0 amide bonds. The number of benzene rings is 2. The van der Waals surface area contributed by atoms with E-state index in [1.54, 1.807) is 7.11 Å². The van der Waals surface area contributed by atoms with E-state index in [2.05, 4.69) is 29.2 Å². The van der Waals surface area contributed by atoms with Crippen molar-refractivity contribution in [2.75, 3.05) is 7.11 Å². The summed E-state index contributed by atoms with van der Waals surface area (Å²) in [6.45, 7) is 0. The number of nitrogens with zero attached hydrogens (tertiary/aromatic N) is 1. The number of methoxy groups -OCH3 is 1. The van der Waals surface area contributed by atoms with E-state index < -0.39 is 0 Å². The molecule has 4 heteroatoms. The van der Waals surface area contributed by atoms with E-state index in [1.165, 1.54) is 11.3 Å². The van der Waals surface area contributed by atoms with Gasteiger partial charge >= 0.3 is 0 Å². The van der Waals surface area contributed by atoms with Crippen LogP contribution in [-0.4, -0.2) is 12.1 Å². The molecule has 1 aromatic heterocycles. The molecule has 0 fully saturated rings. The summed E-state index contributed by atoms with van der Waals surface area (Å²) in [5.41, 5.74) is 3.45. The Morgan fingerprint density at radius 3 is 2.30 bits per heavy atom. The highest BCUT2D eigenvalue weighted by atomic mass is 35.5. The molecule has 0 bridgehead atoms. The summed E-state index contributed by atoms with van der Waals surface area (Å²) in [7, 11) is 1.67. The molecule has 20 heavy (non-hydrogen) atoms. The predicted octanol–water partition coefficient (Wildman–Crippen LogP) is 5.14. The van der Waals surface area contributed by atoms with Gasteiger partial charge in [0.15, 0.2) is 4.47 Å². The van der Waals surface area contributed by atoms with Crippen LogP contribution in [0.4, 0.5) is 0 Å². The SMILES string of the molecule is COc1ccc(-c2ccccc2-c2cnc(Cl)s2)cc1. The molecule has 0 N–H and O–H groups in total. The lowest BCUT2D eigenvalue weighted by Crippen LogP contribution is -1.85. The van der Waals surface area contributed by atoms with Gasteiger partial charge in [0.2, 0.25) is 0 Å². The normalized spacial score (nSPS) is 10.5. The quantitative estimate of drug-likeness (QED) is 0.668. The number of ether oxygens (including phenoxy) is 1. The lowest BCUT2D eigenvalue weighted by atomic mass is 9.99. The van der Waals surface area contributed by atoms with Crippen LogP contribution >= 0.6 is 22.9 Å². The Balaban J connectivity index is 2.09. The second-order valence-corrected chi connectivity index (χ2v) is 5.86. The van der Waals surface area contributed by atoms with Crippen LogP contribution in [0, 0.1) is 0 Å². The molecule has 0 saturated carbocycles. The van der Waals surface area contributed by atoms with E-state index in [1.807, 2.05) is 30.5 Å². The van der Waals surface area contributed by atoms with Crippen molar-refractivity contribution in [3.63, 3.8) is 0 Å². The van der Waals surface area contributed by atoms with Crippen LogP contribution in [0.25, 0.3) is 21.6 Å². The Kier molecular flexibility index (Phi) is 3.72. The van der Waals surface area contributed by atoms with Crippen molar-refractivity contribution in [1.29, 1.82) is 0 Å². The summed E-state index contributed by atoms with van der Waals surface area (Å²) in [6, 6.07) is 16.3. The molecule has 0 spiro atoms. The van der Waals surface area contributed by atoms with Crippen molar-refractivity contribution >= 4 is 22.9 Å². The van der Waals surface area contributed by atoms with Gasteiger partial charge in [0.05, 0.1) is 12.0 Å². The Morgan fingerprint density at radius 1 is 1.00 bits per heavy atom. The van der Waals surface area contributed by atoms with Gasteiger partial charge in [-0.1, -0.05) is 48.0 Å². The minimum Gasteiger partial charge on any atom is -0.497 e. The van der Waals surface area contributed by atoms with Gasteiger partial charge in [-0.15, -0.1) is 11.3 Å². The largest absolute Gasteiger partial charge is 0.497 e. The number of hydrogen-bond acceptors (Lipinski definition) is 3. The topological polar surface area (TPSA) is 22.1 Å². The number of rotatable bonds is 3. The molecule has 3 aromatic rings. The first kappa shape index (κ1) is 13.2. The first-order valence-corrected chi connectivity index (χ1v) is 7.32. The predicted molar refractivity (Wildman–Crippen MR) is 84.5 cm³/mol. The molecular weight excluding hydrogens is 290 g/mol. The van der Waals surface area contributed by atoms with Crippen molar-refractivity contribution in [2.24, 2.45) is 0 Å². The average molecular weight is 302 g/mol. The summed E-state index contributed by atoms with van der Waals surface area (Å²) in [5.74, 6) is 0.854. The van der Waals surface area contributed by atoms with E-state index in [0.717, 1.165) is 27.3 Å². The molecule has 100 valence electrons. The summed E-state index contributed by atoms with van der Waals surface area (Å²) in [4.78, 5) is 5.19. The first-order valence-electron chi connectivity index (χ1n) is 6.13. The van der Waals surface area contributed by atoms with Crippen molar-refractivity contribution in [3.05, 3.63) is 59.2 Å². The lowest BCUT2D eigenvalue weighted by molar-refractivity contribution is 0.415. The highest BCUT2D eigenvalue weighted by Gasteiger charge is 2.09. The molecule has 0 unspecified atom stereocenters. The summed E-state index contributed by atoms with van der Waals surface area (Å²) in [6.07, 6.45) is 1.81. The van der Waals surface area contributed by atoms with Gasteiger partial charge < -0.3 is 4.74 Å². The molecule has 0 aliphatic heterocycles. The van der Waals surface area contributed by atoms with E-state index in [0.29, 0.717) is 4.47 Å². The van der Waals surface area contributed by atoms with Gasteiger partial charge in [-0.3, -0.25) is 0 Å². The van der Waals surface area contributed by atoms with Gasteiger partial charge in [0.1, 0.15) is 5.75 Å². The van der Waals surface area contributed by atoms with Crippen LogP contribution in [0.5, 0.6) is 5.75 Å². The maximum absolute atomic E-state index is 5.94. The maximum atomic E-state index is 5.94. The third-order valence-electron chi connectivity index (χ3n) is 3.07. The highest BCUT2D eigenvalue weighted by Crippen LogP contribution is 2.36. The molecule has 0 aliphatic rings. The fraction of sp³-hybridized carbons (Fsp3) is 0.0625. The highest BCUT2D eigenvalue weighted by molar-refractivity contribution is 7.18. The molecule has 0 saturated heterocycles. The minimum atomic E-state index is 0.560. The second-order valence-electron chi connectivity index (χ2n) is 4.25. The Morgan fingerprint density at radius 2 is 1.70 bits per heavy atom. The third-order valence-corrected chi connectivity index (χ3v) is 4.22. The average Bonchev–Trinajstić information content (AvgIpc) is 2.94. The molecule has 0 atom stereocenters. The number of halogens is 1. The zero-order valence-corrected chi connectivity index (χ0v) is 12.4. The molecule has 0 aliphatic carbocycles. The van der Waals surface area contributed by atoms with E-state index >= 15 is 0 Å². The van der Waals surface area contributed by atoms with Crippen LogP contribution in [0.1, 0.15) is 0 Å². The molecular formula is C16H12ClNOS. The van der Waals surface area contributed by atoms with Crippen LogP contribution in [-0.2, 0) is 0 Å². The van der Waals surface area contributed by atoms with Crippen molar-refractivity contribution in [3.8, 4) is 27.3 Å². The van der Waals surface area contributed by atoms with E-state index in [4.69, 9.17) is 16.3 Å². The first-order chi connectivity index (χ1) is 9.78. The molecule has 3 rings (SSSR count). The van der Waals surface area contributed by atoms with Gasteiger partial charge in [0.25, 0.3) is 0 Å². The van der Waals surface area contributed by atoms with Crippen LogP contribution < -0.4 is 4.74 Å². The lowest BCUT2D eigenvalue weighted by Gasteiger charge is -2.08. The van der Waals surface area contributed by atoms with E-state index in [-0.39, 0.29) is 0 Å². The molecule has 1 heterocycles. The van der Waals surface area contributed by atoms with Crippen LogP contribution in [0.15, 0.2) is 54.7 Å². The van der Waals surface area contributed by atoms with Crippen LogP contribution in [0.3, 0.4) is 0 Å². The molecule has 0 radical (unpaired) electrons. The van der Waals surface area contributed by atoms with Gasteiger partial charge in [0, 0.05) is 11.8 Å².